The fourth-order valence-corrected chi connectivity index (χ4v) is 3.47. The van der Waals surface area contributed by atoms with Gasteiger partial charge in [-0.15, -0.1) is 11.8 Å². The van der Waals surface area contributed by atoms with Gasteiger partial charge >= 0.3 is 0 Å². The van der Waals surface area contributed by atoms with Crippen molar-refractivity contribution in [2.45, 2.75) is 21.6 Å². The highest BCUT2D eigenvalue weighted by atomic mass is 32.2. The molecule has 0 N–H and O–H groups in total. The molecule has 3 aromatic rings. The van der Waals surface area contributed by atoms with Crippen molar-refractivity contribution in [3.8, 4) is 11.1 Å². The molecule has 3 aromatic carbocycles. The first-order chi connectivity index (χ1) is 10.7. The third-order valence-electron chi connectivity index (χ3n) is 3.53. The van der Waals surface area contributed by atoms with Gasteiger partial charge in [0.25, 0.3) is 0 Å². The van der Waals surface area contributed by atoms with Crippen molar-refractivity contribution in [2.24, 2.45) is 0 Å². The van der Waals surface area contributed by atoms with Gasteiger partial charge in [-0.25, -0.2) is 0 Å². The molecule has 0 aliphatic heterocycles. The third-order valence-corrected chi connectivity index (χ3v) is 5.29. The largest absolute Gasteiger partial charge is 0.130 e. The average Bonchev–Trinajstić information content (AvgIpc) is 2.58. The smallest absolute Gasteiger partial charge is 0.0122 e. The maximum atomic E-state index is 2.20. The molecule has 0 amide bonds. The highest BCUT2D eigenvalue weighted by molar-refractivity contribution is 7.99. The van der Waals surface area contributed by atoms with Gasteiger partial charge in [-0.05, 0) is 60.7 Å². The van der Waals surface area contributed by atoms with E-state index in [-0.39, 0.29) is 0 Å². The molecule has 110 valence electrons. The molecule has 0 heterocycles. The minimum absolute atomic E-state index is 1.26. The van der Waals surface area contributed by atoms with Gasteiger partial charge in [-0.2, -0.15) is 0 Å². The van der Waals surface area contributed by atoms with E-state index in [1.165, 1.54) is 31.4 Å². The Labute approximate surface area is 141 Å². The van der Waals surface area contributed by atoms with Gasteiger partial charge in [0.1, 0.15) is 0 Å². The Morgan fingerprint density at radius 3 is 1.41 bits per heavy atom. The van der Waals surface area contributed by atoms with Crippen LogP contribution in [0.2, 0.25) is 0 Å². The predicted molar refractivity (Wildman–Crippen MR) is 99.0 cm³/mol. The molecule has 0 fully saturated rings. The van der Waals surface area contributed by atoms with Crippen LogP contribution in [0.1, 0.15) is 5.56 Å². The Morgan fingerprint density at radius 2 is 0.955 bits per heavy atom. The molecule has 0 unspecified atom stereocenters. The van der Waals surface area contributed by atoms with Gasteiger partial charge in [-0.3, -0.25) is 0 Å². The first kappa shape index (κ1) is 15.3. The standard InChI is InChI=1S/C20H18S2/c1-15-3-9-19(10-4-15)22-20-13-7-17(8-14-20)16-5-11-18(21-2)12-6-16/h3-14H,1-2H3. The SMILES string of the molecule is CSc1ccc(-c2ccc(Sc3ccc(C)cc3)cc2)cc1. The molecule has 0 saturated heterocycles. The van der Waals surface area contributed by atoms with E-state index in [0.717, 1.165) is 0 Å². The van der Waals surface area contributed by atoms with Crippen LogP contribution in [0, 0.1) is 6.92 Å². The van der Waals surface area contributed by atoms with Crippen LogP contribution in [0.4, 0.5) is 0 Å². The fourth-order valence-electron chi connectivity index (χ4n) is 2.24. The van der Waals surface area contributed by atoms with E-state index in [1.807, 2.05) is 0 Å². The van der Waals surface area contributed by atoms with Crippen LogP contribution in [0.3, 0.4) is 0 Å². The molecule has 0 bridgehead atoms. The van der Waals surface area contributed by atoms with Crippen LogP contribution >= 0.6 is 23.5 Å². The summed E-state index contributed by atoms with van der Waals surface area (Å²) in [5, 5.41) is 0. The molecule has 0 radical (unpaired) electrons. The van der Waals surface area contributed by atoms with Gasteiger partial charge in [0.05, 0.1) is 0 Å². The summed E-state index contributed by atoms with van der Waals surface area (Å²) in [5.74, 6) is 0. The Kier molecular flexibility index (Phi) is 4.91. The van der Waals surface area contributed by atoms with Gasteiger partial charge < -0.3 is 0 Å². The topological polar surface area (TPSA) is 0 Å². The Bertz CT molecular complexity index is 726. The van der Waals surface area contributed by atoms with Gasteiger partial charge in [0, 0.05) is 14.7 Å². The van der Waals surface area contributed by atoms with Crippen molar-refractivity contribution < 1.29 is 0 Å². The molecule has 0 atom stereocenters. The molecule has 2 heteroatoms. The molecule has 0 aliphatic carbocycles. The number of thioether (sulfide) groups is 1. The zero-order valence-corrected chi connectivity index (χ0v) is 14.4. The molecule has 0 spiro atoms. The van der Waals surface area contributed by atoms with E-state index < -0.39 is 0 Å². The summed E-state index contributed by atoms with van der Waals surface area (Å²) in [6.45, 7) is 2.12. The van der Waals surface area contributed by atoms with Crippen molar-refractivity contribution in [1.82, 2.24) is 0 Å². The quantitative estimate of drug-likeness (QED) is 0.500. The summed E-state index contributed by atoms with van der Waals surface area (Å²) < 4.78 is 0. The van der Waals surface area contributed by atoms with Crippen LogP contribution in [-0.2, 0) is 0 Å². The summed E-state index contributed by atoms with van der Waals surface area (Å²) in [6.07, 6.45) is 2.10. The summed E-state index contributed by atoms with van der Waals surface area (Å²) in [5.41, 5.74) is 3.83. The maximum absolute atomic E-state index is 2.20. The van der Waals surface area contributed by atoms with Crippen LogP contribution in [0.5, 0.6) is 0 Å². The lowest BCUT2D eigenvalue weighted by Gasteiger charge is -2.06. The minimum Gasteiger partial charge on any atom is -0.130 e. The van der Waals surface area contributed by atoms with Gasteiger partial charge in [-0.1, -0.05) is 53.7 Å². The number of hydrogen-bond acceptors (Lipinski definition) is 2. The number of benzene rings is 3. The fraction of sp³-hybridized carbons (Fsp3) is 0.100. The number of aryl methyl sites for hydroxylation is 1. The first-order valence-corrected chi connectivity index (χ1v) is 9.28. The first-order valence-electron chi connectivity index (χ1n) is 7.23. The van der Waals surface area contributed by atoms with Crippen LogP contribution < -0.4 is 0 Å². The molecule has 3 rings (SSSR count). The van der Waals surface area contributed by atoms with Crippen molar-refractivity contribution in [3.63, 3.8) is 0 Å². The minimum atomic E-state index is 1.26. The second kappa shape index (κ2) is 7.08. The number of rotatable bonds is 4. The Balaban J connectivity index is 1.75. The predicted octanol–water partition coefficient (Wildman–Crippen LogP) is 6.54. The van der Waals surface area contributed by atoms with E-state index in [0.29, 0.717) is 0 Å². The van der Waals surface area contributed by atoms with E-state index in [1.54, 1.807) is 23.5 Å². The zero-order valence-electron chi connectivity index (χ0n) is 12.7. The lowest BCUT2D eigenvalue weighted by Crippen LogP contribution is -1.79. The summed E-state index contributed by atoms with van der Waals surface area (Å²) in [4.78, 5) is 3.85. The lowest BCUT2D eigenvalue weighted by atomic mass is 10.1. The zero-order chi connectivity index (χ0) is 15.4. The van der Waals surface area contributed by atoms with E-state index in [9.17, 15) is 0 Å². The maximum Gasteiger partial charge on any atom is 0.0122 e. The highest BCUT2D eigenvalue weighted by Crippen LogP contribution is 2.30. The van der Waals surface area contributed by atoms with Gasteiger partial charge in [0.15, 0.2) is 0 Å². The van der Waals surface area contributed by atoms with Crippen LogP contribution in [-0.4, -0.2) is 6.26 Å². The molecule has 0 saturated carbocycles. The second-order valence-corrected chi connectivity index (χ2v) is 7.19. The van der Waals surface area contributed by atoms with Crippen molar-refractivity contribution in [3.05, 3.63) is 78.4 Å². The molecule has 0 nitrogen and oxygen atoms in total. The summed E-state index contributed by atoms with van der Waals surface area (Å²) >= 11 is 3.58. The second-order valence-electron chi connectivity index (χ2n) is 5.17. The Hall–Kier alpha value is -1.64. The average molecular weight is 322 g/mol. The Morgan fingerprint density at radius 1 is 0.545 bits per heavy atom. The lowest BCUT2D eigenvalue weighted by molar-refractivity contribution is 1.36. The number of hydrogen-bond donors (Lipinski definition) is 0. The van der Waals surface area contributed by atoms with Crippen molar-refractivity contribution in [2.75, 3.05) is 6.26 Å². The van der Waals surface area contributed by atoms with E-state index >= 15 is 0 Å². The van der Waals surface area contributed by atoms with Crippen LogP contribution in [0.15, 0.2) is 87.5 Å². The summed E-state index contributed by atoms with van der Waals surface area (Å²) in [6, 6.07) is 26.2. The molecule has 22 heavy (non-hydrogen) atoms. The normalized spacial score (nSPS) is 10.6. The molecular weight excluding hydrogens is 304 g/mol. The van der Waals surface area contributed by atoms with E-state index in [2.05, 4.69) is 86.0 Å². The molecular formula is C20H18S2. The third kappa shape index (κ3) is 3.76. The summed E-state index contributed by atoms with van der Waals surface area (Å²) in [7, 11) is 0. The van der Waals surface area contributed by atoms with E-state index in [4.69, 9.17) is 0 Å². The molecule has 0 aliphatic rings. The van der Waals surface area contributed by atoms with Crippen molar-refractivity contribution in [1.29, 1.82) is 0 Å². The monoisotopic (exact) mass is 322 g/mol. The van der Waals surface area contributed by atoms with Gasteiger partial charge in [0.2, 0.25) is 0 Å². The van der Waals surface area contributed by atoms with Crippen molar-refractivity contribution >= 4 is 23.5 Å². The highest BCUT2D eigenvalue weighted by Gasteiger charge is 2.01. The van der Waals surface area contributed by atoms with Crippen LogP contribution in [0.25, 0.3) is 11.1 Å². The molecule has 0 aromatic heterocycles.